The SMILES string of the molecule is CC(C)(C)OC(=O)N1CCC(c2cnc3[nH]c(-c4ccc(OCc5ccc(C(F)(F)F)cc5)cc4)nc3c2)CC1. The highest BCUT2D eigenvalue weighted by molar-refractivity contribution is 5.76. The van der Waals surface area contributed by atoms with Crippen LogP contribution in [0, 0.1) is 0 Å². The number of hydrogen-bond acceptors (Lipinski definition) is 5. The molecule has 0 saturated carbocycles. The summed E-state index contributed by atoms with van der Waals surface area (Å²) in [7, 11) is 0. The number of likely N-dealkylation sites (tertiary alicyclic amines) is 1. The summed E-state index contributed by atoms with van der Waals surface area (Å²) >= 11 is 0. The lowest BCUT2D eigenvalue weighted by atomic mass is 9.90. The monoisotopic (exact) mass is 552 g/mol. The average Bonchev–Trinajstić information content (AvgIpc) is 3.35. The van der Waals surface area contributed by atoms with E-state index < -0.39 is 17.3 Å². The summed E-state index contributed by atoms with van der Waals surface area (Å²) in [5, 5.41) is 0. The number of imidazole rings is 1. The van der Waals surface area contributed by atoms with Crippen LogP contribution in [0.3, 0.4) is 0 Å². The van der Waals surface area contributed by atoms with Crippen LogP contribution in [0.25, 0.3) is 22.6 Å². The topological polar surface area (TPSA) is 80.3 Å². The summed E-state index contributed by atoms with van der Waals surface area (Å²) in [4.78, 5) is 26.7. The second kappa shape index (κ2) is 10.8. The Kier molecular flexibility index (Phi) is 7.44. The summed E-state index contributed by atoms with van der Waals surface area (Å²) in [6, 6.07) is 14.3. The third-order valence-electron chi connectivity index (χ3n) is 6.79. The predicted molar refractivity (Wildman–Crippen MR) is 145 cm³/mol. The van der Waals surface area contributed by atoms with Gasteiger partial charge in [0.25, 0.3) is 0 Å². The van der Waals surface area contributed by atoms with Crippen LogP contribution in [-0.2, 0) is 17.5 Å². The van der Waals surface area contributed by atoms with Gasteiger partial charge in [-0.1, -0.05) is 12.1 Å². The maximum Gasteiger partial charge on any atom is 0.416 e. The van der Waals surface area contributed by atoms with Crippen molar-refractivity contribution in [2.24, 2.45) is 0 Å². The molecule has 40 heavy (non-hydrogen) atoms. The molecule has 0 radical (unpaired) electrons. The summed E-state index contributed by atoms with van der Waals surface area (Å²) in [6.45, 7) is 7.03. The van der Waals surface area contributed by atoms with E-state index in [-0.39, 0.29) is 18.6 Å². The standard InChI is InChI=1S/C30H31F3N4O3/c1-29(2,3)40-28(38)37-14-12-20(13-15-37)22-16-25-27(34-17-22)36-26(35-25)21-6-10-24(11-7-21)39-18-19-4-8-23(9-5-19)30(31,32)33/h4-11,16-17,20H,12-15,18H2,1-3H3,(H,34,35,36). The molecule has 0 unspecified atom stereocenters. The first kappa shape index (κ1) is 27.5. The fraction of sp³-hybridized carbons (Fsp3) is 0.367. The molecule has 1 amide bonds. The van der Waals surface area contributed by atoms with Gasteiger partial charge >= 0.3 is 12.3 Å². The zero-order valence-corrected chi connectivity index (χ0v) is 22.6. The normalized spacial score (nSPS) is 14.9. The number of rotatable bonds is 5. The molecule has 2 aromatic carbocycles. The van der Waals surface area contributed by atoms with Crippen molar-refractivity contribution < 1.29 is 27.4 Å². The molecule has 5 rings (SSSR count). The molecule has 4 aromatic rings. The van der Waals surface area contributed by atoms with Crippen LogP contribution in [0.1, 0.15) is 56.2 Å². The van der Waals surface area contributed by atoms with Gasteiger partial charge in [-0.2, -0.15) is 13.2 Å². The Bertz CT molecular complexity index is 1470. The molecular formula is C30H31F3N4O3. The molecule has 1 saturated heterocycles. The van der Waals surface area contributed by atoms with Crippen molar-refractivity contribution in [2.75, 3.05) is 13.1 Å². The fourth-order valence-corrected chi connectivity index (χ4v) is 4.66. The van der Waals surface area contributed by atoms with E-state index in [0.717, 1.165) is 41.6 Å². The third kappa shape index (κ3) is 6.55. The number of aromatic nitrogens is 3. The van der Waals surface area contributed by atoms with Gasteiger partial charge in [-0.3, -0.25) is 0 Å². The molecule has 7 nitrogen and oxygen atoms in total. The second-order valence-electron chi connectivity index (χ2n) is 11.0. The number of fused-ring (bicyclic) bond motifs is 1. The Hall–Kier alpha value is -4.08. The molecule has 1 fully saturated rings. The number of benzene rings is 2. The summed E-state index contributed by atoms with van der Waals surface area (Å²) in [6.07, 6.45) is -1.09. The molecule has 1 aliphatic rings. The molecule has 10 heteroatoms. The van der Waals surface area contributed by atoms with Crippen LogP contribution in [0.2, 0.25) is 0 Å². The van der Waals surface area contributed by atoms with Crippen LogP contribution >= 0.6 is 0 Å². The number of aromatic amines is 1. The Morgan fingerprint density at radius 3 is 2.33 bits per heavy atom. The molecular weight excluding hydrogens is 521 g/mol. The largest absolute Gasteiger partial charge is 0.489 e. The van der Waals surface area contributed by atoms with Crippen molar-refractivity contribution in [2.45, 2.75) is 57.9 Å². The molecule has 1 N–H and O–H groups in total. The molecule has 0 atom stereocenters. The zero-order valence-electron chi connectivity index (χ0n) is 22.6. The minimum absolute atomic E-state index is 0.158. The van der Waals surface area contributed by atoms with Crippen molar-refractivity contribution in [1.82, 2.24) is 19.9 Å². The number of carbonyl (C=O) groups is 1. The number of nitrogens with one attached hydrogen (secondary N) is 1. The Morgan fingerprint density at radius 1 is 1.02 bits per heavy atom. The van der Waals surface area contributed by atoms with E-state index in [2.05, 4.69) is 16.0 Å². The van der Waals surface area contributed by atoms with E-state index in [9.17, 15) is 18.0 Å². The van der Waals surface area contributed by atoms with Gasteiger partial charge in [-0.25, -0.2) is 14.8 Å². The highest BCUT2D eigenvalue weighted by Gasteiger charge is 2.30. The number of amides is 1. The average molecular weight is 553 g/mol. The smallest absolute Gasteiger partial charge is 0.416 e. The van der Waals surface area contributed by atoms with Gasteiger partial charge in [0.15, 0.2) is 5.65 Å². The molecule has 210 valence electrons. The quantitative estimate of drug-likeness (QED) is 0.280. The number of hydrogen-bond donors (Lipinski definition) is 1. The van der Waals surface area contributed by atoms with Gasteiger partial charge in [0.2, 0.25) is 0 Å². The van der Waals surface area contributed by atoms with Crippen molar-refractivity contribution in [3.63, 3.8) is 0 Å². The van der Waals surface area contributed by atoms with Gasteiger partial charge in [-0.15, -0.1) is 0 Å². The summed E-state index contributed by atoms with van der Waals surface area (Å²) in [5.74, 6) is 1.56. The molecule has 3 heterocycles. The first-order valence-electron chi connectivity index (χ1n) is 13.2. The third-order valence-corrected chi connectivity index (χ3v) is 6.79. The van der Waals surface area contributed by atoms with E-state index >= 15 is 0 Å². The predicted octanol–water partition coefficient (Wildman–Crippen LogP) is 7.34. The summed E-state index contributed by atoms with van der Waals surface area (Å²) in [5.41, 5.74) is 2.86. The first-order chi connectivity index (χ1) is 18.9. The van der Waals surface area contributed by atoms with Crippen molar-refractivity contribution in [3.8, 4) is 17.1 Å². The maximum absolute atomic E-state index is 12.7. The van der Waals surface area contributed by atoms with E-state index in [0.29, 0.717) is 35.9 Å². The Balaban J connectivity index is 1.20. The minimum atomic E-state index is -4.36. The van der Waals surface area contributed by atoms with Crippen LogP contribution in [0.4, 0.5) is 18.0 Å². The zero-order chi connectivity index (χ0) is 28.5. The number of piperidine rings is 1. The van der Waals surface area contributed by atoms with E-state index in [4.69, 9.17) is 14.5 Å². The van der Waals surface area contributed by atoms with Gasteiger partial charge in [0.05, 0.1) is 5.56 Å². The lowest BCUT2D eigenvalue weighted by molar-refractivity contribution is -0.137. The van der Waals surface area contributed by atoms with Gasteiger partial charge in [0, 0.05) is 24.8 Å². The lowest BCUT2D eigenvalue weighted by Gasteiger charge is -2.33. The fourth-order valence-electron chi connectivity index (χ4n) is 4.66. The second-order valence-corrected chi connectivity index (χ2v) is 11.0. The number of alkyl halides is 3. The molecule has 0 bridgehead atoms. The van der Waals surface area contributed by atoms with E-state index in [1.54, 1.807) is 17.0 Å². The molecule has 2 aromatic heterocycles. The van der Waals surface area contributed by atoms with Crippen LogP contribution < -0.4 is 4.74 Å². The lowest BCUT2D eigenvalue weighted by Crippen LogP contribution is -2.41. The molecule has 0 aliphatic carbocycles. The van der Waals surface area contributed by atoms with Crippen molar-refractivity contribution >= 4 is 17.3 Å². The van der Waals surface area contributed by atoms with Crippen molar-refractivity contribution in [1.29, 1.82) is 0 Å². The highest BCUT2D eigenvalue weighted by atomic mass is 19.4. The van der Waals surface area contributed by atoms with Crippen LogP contribution in [0.15, 0.2) is 60.8 Å². The summed E-state index contributed by atoms with van der Waals surface area (Å²) < 4.78 is 49.5. The van der Waals surface area contributed by atoms with E-state index in [1.165, 1.54) is 12.1 Å². The molecule has 0 spiro atoms. The van der Waals surface area contributed by atoms with Gasteiger partial charge in [0.1, 0.15) is 29.3 Å². The number of carbonyl (C=O) groups excluding carboxylic acids is 1. The van der Waals surface area contributed by atoms with Crippen molar-refractivity contribution in [3.05, 3.63) is 77.5 Å². The Morgan fingerprint density at radius 2 is 1.70 bits per heavy atom. The number of ether oxygens (including phenoxy) is 2. The highest BCUT2D eigenvalue weighted by Crippen LogP contribution is 2.31. The Labute approximate surface area is 230 Å². The molecule has 1 aliphatic heterocycles. The number of nitrogens with zero attached hydrogens (tertiary/aromatic N) is 3. The number of pyridine rings is 1. The van der Waals surface area contributed by atoms with Crippen LogP contribution in [-0.4, -0.2) is 44.6 Å². The van der Waals surface area contributed by atoms with Gasteiger partial charge in [-0.05, 0) is 93.1 Å². The number of halogens is 3. The first-order valence-corrected chi connectivity index (χ1v) is 13.2. The maximum atomic E-state index is 12.7. The van der Waals surface area contributed by atoms with E-state index in [1.807, 2.05) is 39.1 Å². The van der Waals surface area contributed by atoms with Crippen LogP contribution in [0.5, 0.6) is 5.75 Å². The van der Waals surface area contributed by atoms with Gasteiger partial charge < -0.3 is 19.4 Å². The minimum Gasteiger partial charge on any atom is -0.489 e. The number of H-pyrrole nitrogens is 1.